The van der Waals surface area contributed by atoms with Gasteiger partial charge in [0.2, 0.25) is 10.0 Å². The van der Waals surface area contributed by atoms with E-state index in [0.717, 1.165) is 10.6 Å². The predicted octanol–water partition coefficient (Wildman–Crippen LogP) is 2.12. The highest BCUT2D eigenvalue weighted by atomic mass is 32.2. The van der Waals surface area contributed by atoms with Crippen LogP contribution in [0.5, 0.6) is 0 Å². The molecule has 1 aromatic carbocycles. The third kappa shape index (κ3) is 6.30. The largest absolute Gasteiger partial charge is 0.444 e. The highest BCUT2D eigenvalue weighted by molar-refractivity contribution is 7.92. The fourth-order valence-corrected chi connectivity index (χ4v) is 2.60. The van der Waals surface area contributed by atoms with E-state index in [2.05, 4.69) is 5.32 Å². The Labute approximate surface area is 130 Å². The summed E-state index contributed by atoms with van der Waals surface area (Å²) >= 11 is 0. The van der Waals surface area contributed by atoms with Crippen molar-refractivity contribution in [1.29, 1.82) is 0 Å². The average Bonchev–Trinajstić information content (AvgIpc) is 2.32. The van der Waals surface area contributed by atoms with Crippen molar-refractivity contribution in [2.45, 2.75) is 26.4 Å². The molecular weight excluding hydrogens is 311 g/mol. The van der Waals surface area contributed by atoms with Gasteiger partial charge in [-0.25, -0.2) is 17.6 Å². The second-order valence-corrected chi connectivity index (χ2v) is 7.65. The van der Waals surface area contributed by atoms with Gasteiger partial charge in [0, 0.05) is 6.54 Å². The molecule has 124 valence electrons. The first kappa shape index (κ1) is 18.2. The molecule has 6 nitrogen and oxygen atoms in total. The van der Waals surface area contributed by atoms with Gasteiger partial charge in [0.25, 0.3) is 0 Å². The van der Waals surface area contributed by atoms with Gasteiger partial charge in [0.05, 0.1) is 18.5 Å². The Morgan fingerprint density at radius 3 is 2.27 bits per heavy atom. The van der Waals surface area contributed by atoms with Crippen LogP contribution in [0, 0.1) is 5.82 Å². The molecule has 0 bridgehead atoms. The summed E-state index contributed by atoms with van der Waals surface area (Å²) in [6, 6.07) is 5.08. The van der Waals surface area contributed by atoms with Crippen molar-refractivity contribution in [3.8, 4) is 0 Å². The highest BCUT2D eigenvalue weighted by Crippen LogP contribution is 2.17. The quantitative estimate of drug-likeness (QED) is 0.896. The van der Waals surface area contributed by atoms with Crippen molar-refractivity contribution >= 4 is 21.8 Å². The normalized spacial score (nSPS) is 11.9. The summed E-state index contributed by atoms with van der Waals surface area (Å²) < 4.78 is 42.7. The van der Waals surface area contributed by atoms with Crippen LogP contribution in [0.2, 0.25) is 0 Å². The van der Waals surface area contributed by atoms with E-state index in [1.165, 1.54) is 24.3 Å². The van der Waals surface area contributed by atoms with Gasteiger partial charge < -0.3 is 10.1 Å². The van der Waals surface area contributed by atoms with Gasteiger partial charge in [-0.2, -0.15) is 0 Å². The minimum atomic E-state index is -3.55. The Hall–Kier alpha value is -1.83. The van der Waals surface area contributed by atoms with E-state index in [4.69, 9.17) is 4.74 Å². The van der Waals surface area contributed by atoms with Crippen molar-refractivity contribution in [1.82, 2.24) is 5.32 Å². The van der Waals surface area contributed by atoms with Crippen LogP contribution in [0.1, 0.15) is 20.8 Å². The number of hydrogen-bond donors (Lipinski definition) is 1. The van der Waals surface area contributed by atoms with Crippen molar-refractivity contribution in [2.24, 2.45) is 0 Å². The number of carbonyl (C=O) groups excluding carboxylic acids is 1. The number of amides is 1. The van der Waals surface area contributed by atoms with E-state index in [1.807, 2.05) is 0 Å². The van der Waals surface area contributed by atoms with Crippen LogP contribution in [0.3, 0.4) is 0 Å². The second kappa shape index (κ2) is 6.95. The van der Waals surface area contributed by atoms with Gasteiger partial charge in [-0.1, -0.05) is 0 Å². The SMILES string of the molecule is CC(C)(C)OC(=O)NCCN(c1ccc(F)cc1)S(C)(=O)=O. The first-order chi connectivity index (χ1) is 9.99. The number of carbonyl (C=O) groups is 1. The summed E-state index contributed by atoms with van der Waals surface area (Å²) in [4.78, 5) is 11.5. The van der Waals surface area contributed by atoms with Gasteiger partial charge in [-0.15, -0.1) is 0 Å². The van der Waals surface area contributed by atoms with Gasteiger partial charge >= 0.3 is 6.09 Å². The molecule has 8 heteroatoms. The van der Waals surface area contributed by atoms with E-state index in [-0.39, 0.29) is 13.1 Å². The molecular formula is C14H21FN2O4S. The Balaban J connectivity index is 2.69. The molecule has 0 radical (unpaired) electrons. The van der Waals surface area contributed by atoms with Gasteiger partial charge in [0.1, 0.15) is 11.4 Å². The zero-order chi connectivity index (χ0) is 17.0. The van der Waals surface area contributed by atoms with E-state index in [9.17, 15) is 17.6 Å². The molecule has 0 aliphatic carbocycles. The fourth-order valence-electron chi connectivity index (χ4n) is 1.67. The Kier molecular flexibility index (Phi) is 5.76. The molecule has 0 aliphatic rings. The summed E-state index contributed by atoms with van der Waals surface area (Å²) in [5.41, 5.74) is -0.299. The van der Waals surface area contributed by atoms with Crippen LogP contribution in [0.15, 0.2) is 24.3 Å². The zero-order valence-electron chi connectivity index (χ0n) is 13.1. The van der Waals surface area contributed by atoms with Gasteiger partial charge in [0.15, 0.2) is 0 Å². The van der Waals surface area contributed by atoms with Crippen molar-refractivity contribution in [3.05, 3.63) is 30.1 Å². The molecule has 0 aromatic heterocycles. The molecule has 1 aromatic rings. The maximum Gasteiger partial charge on any atom is 0.407 e. The number of benzene rings is 1. The van der Waals surface area contributed by atoms with Crippen LogP contribution in [-0.4, -0.2) is 39.5 Å². The number of nitrogens with one attached hydrogen (secondary N) is 1. The van der Waals surface area contributed by atoms with Crippen LogP contribution in [0.25, 0.3) is 0 Å². The molecule has 0 heterocycles. The summed E-state index contributed by atoms with van der Waals surface area (Å²) in [6.45, 7) is 5.28. The molecule has 0 aliphatic heterocycles. The molecule has 0 fully saturated rings. The lowest BCUT2D eigenvalue weighted by Crippen LogP contribution is -2.40. The Morgan fingerprint density at radius 1 is 1.27 bits per heavy atom. The molecule has 0 atom stereocenters. The van der Waals surface area contributed by atoms with Crippen LogP contribution >= 0.6 is 0 Å². The first-order valence-corrected chi connectivity index (χ1v) is 8.54. The van der Waals surface area contributed by atoms with Gasteiger partial charge in [-0.05, 0) is 45.0 Å². The maximum atomic E-state index is 12.9. The lowest BCUT2D eigenvalue weighted by molar-refractivity contribution is 0.0529. The third-order valence-corrected chi connectivity index (χ3v) is 3.69. The standard InChI is InChI=1S/C14H21FN2O4S/c1-14(2,3)21-13(18)16-9-10-17(22(4,19)20)12-7-5-11(15)6-8-12/h5-8H,9-10H2,1-4H3,(H,16,18). The number of halogens is 1. The van der Waals surface area contributed by atoms with Crippen LogP contribution in [0.4, 0.5) is 14.9 Å². The molecule has 0 saturated heterocycles. The van der Waals surface area contributed by atoms with Crippen molar-refractivity contribution < 1.29 is 22.3 Å². The molecule has 0 spiro atoms. The summed E-state index contributed by atoms with van der Waals surface area (Å²) in [6.07, 6.45) is 0.421. The lowest BCUT2D eigenvalue weighted by Gasteiger charge is -2.23. The maximum absolute atomic E-state index is 12.9. The number of hydrogen-bond acceptors (Lipinski definition) is 4. The molecule has 22 heavy (non-hydrogen) atoms. The van der Waals surface area contributed by atoms with Crippen molar-refractivity contribution in [3.63, 3.8) is 0 Å². The second-order valence-electron chi connectivity index (χ2n) is 5.74. The predicted molar refractivity (Wildman–Crippen MR) is 82.8 cm³/mol. The van der Waals surface area contributed by atoms with E-state index in [0.29, 0.717) is 5.69 Å². The van der Waals surface area contributed by atoms with Gasteiger partial charge in [-0.3, -0.25) is 4.31 Å². The van der Waals surface area contributed by atoms with E-state index in [1.54, 1.807) is 20.8 Å². The molecule has 0 saturated carbocycles. The van der Waals surface area contributed by atoms with E-state index >= 15 is 0 Å². The minimum absolute atomic E-state index is 0.0176. The van der Waals surface area contributed by atoms with Crippen molar-refractivity contribution in [2.75, 3.05) is 23.7 Å². The highest BCUT2D eigenvalue weighted by Gasteiger charge is 2.19. The third-order valence-electron chi connectivity index (χ3n) is 2.50. The van der Waals surface area contributed by atoms with Crippen LogP contribution in [-0.2, 0) is 14.8 Å². The monoisotopic (exact) mass is 332 g/mol. The summed E-state index contributed by atoms with van der Waals surface area (Å²) in [7, 11) is -3.55. The molecule has 1 amide bonds. The summed E-state index contributed by atoms with van der Waals surface area (Å²) in [5, 5.41) is 2.48. The molecule has 1 N–H and O–H groups in total. The lowest BCUT2D eigenvalue weighted by atomic mass is 10.2. The summed E-state index contributed by atoms with van der Waals surface area (Å²) in [5.74, 6) is -0.455. The Bertz CT molecular complexity index is 609. The number of sulfonamides is 1. The molecule has 1 rings (SSSR count). The van der Waals surface area contributed by atoms with E-state index < -0.39 is 27.5 Å². The fraction of sp³-hybridized carbons (Fsp3) is 0.500. The smallest absolute Gasteiger partial charge is 0.407 e. The number of alkyl carbamates (subject to hydrolysis) is 1. The topological polar surface area (TPSA) is 75.7 Å². The zero-order valence-corrected chi connectivity index (χ0v) is 13.9. The number of anilines is 1. The first-order valence-electron chi connectivity index (χ1n) is 6.69. The molecule has 0 unspecified atom stereocenters. The average molecular weight is 332 g/mol. The number of nitrogens with zero attached hydrogens (tertiary/aromatic N) is 1. The van der Waals surface area contributed by atoms with Crippen LogP contribution < -0.4 is 9.62 Å². The number of ether oxygens (including phenoxy) is 1. The minimum Gasteiger partial charge on any atom is -0.444 e. The number of rotatable bonds is 5. The Morgan fingerprint density at radius 2 is 1.82 bits per heavy atom.